The Morgan fingerprint density at radius 3 is 2.46 bits per heavy atom. The van der Waals surface area contributed by atoms with E-state index >= 15 is 0 Å². The first kappa shape index (κ1) is 15.8. The molecule has 1 heterocycles. The van der Waals surface area contributed by atoms with Crippen LogP contribution in [0.3, 0.4) is 0 Å². The van der Waals surface area contributed by atoms with Crippen LogP contribution in [0.1, 0.15) is 28.9 Å². The smallest absolute Gasteiger partial charge is 0.269 e. The molecule has 1 N–H and O–H groups in total. The minimum absolute atomic E-state index is 0.0496. The van der Waals surface area contributed by atoms with Crippen molar-refractivity contribution in [3.05, 3.63) is 63.7 Å². The highest BCUT2D eigenvalue weighted by Gasteiger charge is 2.17. The summed E-state index contributed by atoms with van der Waals surface area (Å²) < 4.78 is 11.0. The first-order valence-corrected chi connectivity index (χ1v) is 7.49. The molecule has 1 amide bonds. The molecular formula is C17H16N2O5. The van der Waals surface area contributed by atoms with Crippen molar-refractivity contribution in [2.24, 2.45) is 0 Å². The van der Waals surface area contributed by atoms with Gasteiger partial charge in [0.2, 0.25) is 0 Å². The Balaban J connectivity index is 1.70. The van der Waals surface area contributed by atoms with Gasteiger partial charge in [-0.25, -0.2) is 0 Å². The number of amides is 1. The lowest BCUT2D eigenvalue weighted by Gasteiger charge is -2.21. The Hall–Kier alpha value is -3.09. The molecule has 0 aromatic heterocycles. The number of nitrogens with zero attached hydrogens (tertiary/aromatic N) is 1. The van der Waals surface area contributed by atoms with Crippen molar-refractivity contribution in [1.82, 2.24) is 5.32 Å². The molecule has 3 rings (SSSR count). The topological polar surface area (TPSA) is 90.7 Å². The average molecular weight is 328 g/mol. The van der Waals surface area contributed by atoms with E-state index in [1.165, 1.54) is 24.3 Å². The van der Waals surface area contributed by atoms with Gasteiger partial charge in [0, 0.05) is 17.7 Å². The summed E-state index contributed by atoms with van der Waals surface area (Å²) in [7, 11) is 0. The van der Waals surface area contributed by atoms with E-state index in [0.717, 1.165) is 5.56 Å². The number of carbonyl (C=O) groups is 1. The predicted octanol–water partition coefficient (Wildman–Crippen LogP) is 2.86. The first-order chi connectivity index (χ1) is 11.5. The first-order valence-electron chi connectivity index (χ1n) is 7.49. The van der Waals surface area contributed by atoms with Crippen molar-refractivity contribution in [1.29, 1.82) is 0 Å². The molecule has 1 atom stereocenters. The average Bonchev–Trinajstić information content (AvgIpc) is 2.61. The lowest BCUT2D eigenvalue weighted by atomic mass is 10.1. The third-order valence-electron chi connectivity index (χ3n) is 3.75. The van der Waals surface area contributed by atoms with Crippen LogP contribution in [-0.2, 0) is 0 Å². The monoisotopic (exact) mass is 328 g/mol. The third kappa shape index (κ3) is 3.29. The molecule has 0 saturated carbocycles. The summed E-state index contributed by atoms with van der Waals surface area (Å²) in [5.41, 5.74) is 1.20. The minimum Gasteiger partial charge on any atom is -0.486 e. The zero-order valence-corrected chi connectivity index (χ0v) is 13.0. The fourth-order valence-corrected chi connectivity index (χ4v) is 2.43. The molecule has 124 valence electrons. The number of hydrogen-bond donors (Lipinski definition) is 1. The van der Waals surface area contributed by atoms with Crippen molar-refractivity contribution in [2.75, 3.05) is 13.2 Å². The standard InChI is InChI=1S/C17H16N2O5/c1-11(13-4-7-15-16(10-13)24-9-8-23-15)18-17(20)12-2-5-14(6-3-12)19(21)22/h2-7,10-11H,8-9H2,1H3,(H,18,20)/t11-/m1/s1. The van der Waals surface area contributed by atoms with Gasteiger partial charge in [0.05, 0.1) is 11.0 Å². The maximum Gasteiger partial charge on any atom is 0.269 e. The normalized spacial score (nSPS) is 13.9. The molecule has 0 aliphatic carbocycles. The van der Waals surface area contributed by atoms with Gasteiger partial charge in [-0.3, -0.25) is 14.9 Å². The van der Waals surface area contributed by atoms with E-state index in [9.17, 15) is 14.9 Å². The Bertz CT molecular complexity index is 773. The number of nitro benzene ring substituents is 1. The van der Waals surface area contributed by atoms with Gasteiger partial charge in [-0.2, -0.15) is 0 Å². The number of hydrogen-bond acceptors (Lipinski definition) is 5. The summed E-state index contributed by atoms with van der Waals surface area (Å²) in [4.78, 5) is 22.4. The fraction of sp³-hybridized carbons (Fsp3) is 0.235. The molecule has 1 aliphatic heterocycles. The van der Waals surface area contributed by atoms with Crippen LogP contribution < -0.4 is 14.8 Å². The van der Waals surface area contributed by atoms with Crippen LogP contribution >= 0.6 is 0 Å². The number of rotatable bonds is 4. The van der Waals surface area contributed by atoms with Gasteiger partial charge < -0.3 is 14.8 Å². The number of non-ortho nitro benzene ring substituents is 1. The Kier molecular flexibility index (Phi) is 4.33. The minimum atomic E-state index is -0.501. The zero-order chi connectivity index (χ0) is 17.1. The Morgan fingerprint density at radius 2 is 1.79 bits per heavy atom. The van der Waals surface area contributed by atoms with Crippen LogP contribution in [0.15, 0.2) is 42.5 Å². The highest BCUT2D eigenvalue weighted by atomic mass is 16.6. The number of benzene rings is 2. The van der Waals surface area contributed by atoms with Crippen LogP contribution in [-0.4, -0.2) is 24.0 Å². The quantitative estimate of drug-likeness (QED) is 0.688. The molecule has 0 spiro atoms. The highest BCUT2D eigenvalue weighted by Crippen LogP contribution is 2.32. The summed E-state index contributed by atoms with van der Waals surface area (Å²) >= 11 is 0. The van der Waals surface area contributed by atoms with Gasteiger partial charge in [-0.15, -0.1) is 0 Å². The molecule has 0 fully saturated rings. The van der Waals surface area contributed by atoms with Gasteiger partial charge in [-0.05, 0) is 36.8 Å². The zero-order valence-electron chi connectivity index (χ0n) is 13.0. The predicted molar refractivity (Wildman–Crippen MR) is 86.4 cm³/mol. The third-order valence-corrected chi connectivity index (χ3v) is 3.75. The number of ether oxygens (including phenoxy) is 2. The molecular weight excluding hydrogens is 312 g/mol. The Labute approximate surface area is 138 Å². The molecule has 1 aliphatic rings. The van der Waals surface area contributed by atoms with Crippen LogP contribution in [0.5, 0.6) is 11.5 Å². The largest absolute Gasteiger partial charge is 0.486 e. The summed E-state index contributed by atoms with van der Waals surface area (Å²) in [6.45, 7) is 2.88. The van der Waals surface area contributed by atoms with E-state index in [0.29, 0.717) is 30.3 Å². The van der Waals surface area contributed by atoms with Crippen molar-refractivity contribution in [2.45, 2.75) is 13.0 Å². The number of fused-ring (bicyclic) bond motifs is 1. The second-order valence-corrected chi connectivity index (χ2v) is 5.40. The van der Waals surface area contributed by atoms with E-state index in [1.54, 1.807) is 0 Å². The molecule has 2 aromatic carbocycles. The summed E-state index contributed by atoms with van der Waals surface area (Å²) in [5, 5.41) is 13.5. The second-order valence-electron chi connectivity index (χ2n) is 5.40. The SMILES string of the molecule is C[C@@H](NC(=O)c1ccc([N+](=O)[O-])cc1)c1ccc2c(c1)OCCO2. The molecule has 2 aromatic rings. The summed E-state index contributed by atoms with van der Waals surface area (Å²) in [5.74, 6) is 1.06. The maximum absolute atomic E-state index is 12.3. The van der Waals surface area contributed by atoms with Crippen molar-refractivity contribution in [3.8, 4) is 11.5 Å². The van der Waals surface area contributed by atoms with Crippen LogP contribution in [0.2, 0.25) is 0 Å². The van der Waals surface area contributed by atoms with Crippen LogP contribution in [0.4, 0.5) is 5.69 Å². The van der Waals surface area contributed by atoms with Crippen molar-refractivity contribution in [3.63, 3.8) is 0 Å². The van der Waals surface area contributed by atoms with Crippen LogP contribution in [0, 0.1) is 10.1 Å². The van der Waals surface area contributed by atoms with Crippen LogP contribution in [0.25, 0.3) is 0 Å². The number of carbonyl (C=O) groups excluding carboxylic acids is 1. The molecule has 0 bridgehead atoms. The van der Waals surface area contributed by atoms with Crippen molar-refractivity contribution >= 4 is 11.6 Å². The highest BCUT2D eigenvalue weighted by molar-refractivity contribution is 5.94. The van der Waals surface area contributed by atoms with Gasteiger partial charge in [0.1, 0.15) is 13.2 Å². The number of nitrogens with one attached hydrogen (secondary N) is 1. The van der Waals surface area contributed by atoms with Gasteiger partial charge in [0.15, 0.2) is 11.5 Å². The fourth-order valence-electron chi connectivity index (χ4n) is 2.43. The lowest BCUT2D eigenvalue weighted by Crippen LogP contribution is -2.26. The molecule has 7 heteroatoms. The molecule has 24 heavy (non-hydrogen) atoms. The second kappa shape index (κ2) is 6.57. The molecule has 0 unspecified atom stereocenters. The molecule has 0 saturated heterocycles. The number of nitro groups is 1. The molecule has 0 radical (unpaired) electrons. The molecule has 7 nitrogen and oxygen atoms in total. The van der Waals surface area contributed by atoms with E-state index < -0.39 is 4.92 Å². The maximum atomic E-state index is 12.3. The van der Waals surface area contributed by atoms with Crippen molar-refractivity contribution < 1.29 is 19.2 Å². The van der Waals surface area contributed by atoms with Gasteiger partial charge in [-0.1, -0.05) is 6.07 Å². The van der Waals surface area contributed by atoms with E-state index in [4.69, 9.17) is 9.47 Å². The van der Waals surface area contributed by atoms with Gasteiger partial charge >= 0.3 is 0 Å². The van der Waals surface area contributed by atoms with E-state index in [-0.39, 0.29) is 17.6 Å². The summed E-state index contributed by atoms with van der Waals surface area (Å²) in [6.07, 6.45) is 0. The van der Waals surface area contributed by atoms with E-state index in [2.05, 4.69) is 5.32 Å². The van der Waals surface area contributed by atoms with Gasteiger partial charge in [0.25, 0.3) is 11.6 Å². The summed E-state index contributed by atoms with van der Waals surface area (Å²) in [6, 6.07) is 10.8. The lowest BCUT2D eigenvalue weighted by molar-refractivity contribution is -0.384. The Morgan fingerprint density at radius 1 is 1.12 bits per heavy atom. The van der Waals surface area contributed by atoms with E-state index in [1.807, 2.05) is 25.1 Å².